The monoisotopic (exact) mass is 335 g/mol. The molecule has 0 radical (unpaired) electrons. The molecule has 0 saturated heterocycles. The highest BCUT2D eigenvalue weighted by Crippen LogP contribution is 2.38. The Bertz CT molecular complexity index is 663. The first-order valence-electron chi connectivity index (χ1n) is 6.38. The zero-order valence-electron chi connectivity index (χ0n) is 11.0. The van der Waals surface area contributed by atoms with E-state index in [1.54, 1.807) is 24.0 Å². The second-order valence-corrected chi connectivity index (χ2v) is 5.88. The second kappa shape index (κ2) is 4.75. The van der Waals surface area contributed by atoms with Crippen LogP contribution in [0.25, 0.3) is 0 Å². The largest absolute Gasteiger partial charge is 0.444 e. The van der Waals surface area contributed by atoms with Gasteiger partial charge >= 0.3 is 0 Å². The molecule has 0 bridgehead atoms. The lowest BCUT2D eigenvalue weighted by molar-refractivity contribution is 0.0448. The molecule has 1 aliphatic heterocycles. The Morgan fingerprint density at radius 2 is 2.10 bits per heavy atom. The molecule has 1 unspecified atom stereocenters. The van der Waals surface area contributed by atoms with Crippen LogP contribution in [0.5, 0.6) is 0 Å². The zero-order valence-corrected chi connectivity index (χ0v) is 12.6. The zero-order chi connectivity index (χ0) is 14.3. The lowest BCUT2D eigenvalue weighted by Gasteiger charge is -2.37. The van der Waals surface area contributed by atoms with Gasteiger partial charge in [0.1, 0.15) is 0 Å². The summed E-state index contributed by atoms with van der Waals surface area (Å²) in [5.74, 6) is 0.0897. The highest BCUT2D eigenvalue weighted by molar-refractivity contribution is 9.10. The summed E-state index contributed by atoms with van der Waals surface area (Å²) in [5.41, 5.74) is 0.600. The third-order valence-corrected chi connectivity index (χ3v) is 4.05. The van der Waals surface area contributed by atoms with E-state index in [9.17, 15) is 9.90 Å². The number of carbonyl (C=O) groups is 1. The first-order chi connectivity index (χ1) is 9.49. The Morgan fingerprint density at radius 1 is 1.35 bits per heavy atom. The Hall–Kier alpha value is -1.59. The van der Waals surface area contributed by atoms with E-state index in [0.717, 1.165) is 11.3 Å². The number of amides is 1. The highest BCUT2D eigenvalue weighted by atomic mass is 79.9. The third-order valence-electron chi connectivity index (χ3n) is 3.63. The predicted octanol–water partition coefficient (Wildman–Crippen LogP) is 3.30. The Kier molecular flexibility index (Phi) is 3.18. The van der Waals surface area contributed by atoms with E-state index in [2.05, 4.69) is 15.9 Å². The molecule has 2 aromatic rings. The molecule has 0 fully saturated rings. The van der Waals surface area contributed by atoms with Crippen molar-refractivity contribution in [3.05, 3.63) is 52.4 Å². The van der Waals surface area contributed by atoms with Crippen LogP contribution in [0.2, 0.25) is 0 Å². The van der Waals surface area contributed by atoms with E-state index in [4.69, 9.17) is 4.42 Å². The number of carbonyl (C=O) groups excluding carboxylic acids is 1. The van der Waals surface area contributed by atoms with Crippen molar-refractivity contribution in [1.82, 2.24) is 0 Å². The van der Waals surface area contributed by atoms with Gasteiger partial charge in [0.15, 0.2) is 10.4 Å². The average molecular weight is 336 g/mol. The van der Waals surface area contributed by atoms with Crippen LogP contribution in [0.3, 0.4) is 0 Å². The van der Waals surface area contributed by atoms with Crippen LogP contribution in [0, 0.1) is 0 Å². The van der Waals surface area contributed by atoms with Crippen molar-refractivity contribution in [3.63, 3.8) is 0 Å². The fourth-order valence-corrected chi connectivity index (χ4v) is 2.83. The second-order valence-electron chi connectivity index (χ2n) is 5.10. The van der Waals surface area contributed by atoms with Crippen LogP contribution in [0.1, 0.15) is 29.5 Å². The SMILES string of the molecule is CC1(O)CCN(C(=O)c2ccc(Br)o2)c2ccccc21. The minimum absolute atomic E-state index is 0.196. The Labute approximate surface area is 125 Å². The van der Waals surface area contributed by atoms with Gasteiger partial charge < -0.3 is 14.4 Å². The maximum Gasteiger partial charge on any atom is 0.294 e. The van der Waals surface area contributed by atoms with Gasteiger partial charge in [0.25, 0.3) is 5.91 Å². The molecule has 1 atom stereocenters. The number of aliphatic hydroxyl groups is 1. The van der Waals surface area contributed by atoms with Gasteiger partial charge in [-0.2, -0.15) is 0 Å². The van der Waals surface area contributed by atoms with Crippen molar-refractivity contribution in [3.8, 4) is 0 Å². The third kappa shape index (κ3) is 2.17. The number of para-hydroxylation sites is 1. The summed E-state index contributed by atoms with van der Waals surface area (Å²) < 4.78 is 5.85. The molecule has 3 rings (SSSR count). The van der Waals surface area contributed by atoms with Gasteiger partial charge in [-0.15, -0.1) is 0 Å². The predicted molar refractivity (Wildman–Crippen MR) is 78.7 cm³/mol. The van der Waals surface area contributed by atoms with E-state index in [1.807, 2.05) is 24.3 Å². The first-order valence-corrected chi connectivity index (χ1v) is 7.17. The average Bonchev–Trinajstić information content (AvgIpc) is 2.85. The highest BCUT2D eigenvalue weighted by Gasteiger charge is 2.36. The number of hydrogen-bond donors (Lipinski definition) is 1. The number of anilines is 1. The molecule has 4 nitrogen and oxygen atoms in total. The minimum Gasteiger partial charge on any atom is -0.444 e. The fraction of sp³-hybridized carbons (Fsp3) is 0.267. The Morgan fingerprint density at radius 3 is 2.80 bits per heavy atom. The van der Waals surface area contributed by atoms with Crippen molar-refractivity contribution in [2.45, 2.75) is 18.9 Å². The lowest BCUT2D eigenvalue weighted by atomic mass is 9.87. The van der Waals surface area contributed by atoms with Gasteiger partial charge in [-0.3, -0.25) is 4.79 Å². The lowest BCUT2D eigenvalue weighted by Crippen LogP contribution is -2.42. The van der Waals surface area contributed by atoms with Gasteiger partial charge in [0, 0.05) is 12.1 Å². The van der Waals surface area contributed by atoms with Crippen molar-refractivity contribution in [1.29, 1.82) is 0 Å². The number of hydrogen-bond acceptors (Lipinski definition) is 3. The molecule has 0 saturated carbocycles. The topological polar surface area (TPSA) is 53.7 Å². The van der Waals surface area contributed by atoms with Crippen LogP contribution >= 0.6 is 15.9 Å². The molecule has 0 spiro atoms. The molecule has 1 aliphatic rings. The molecule has 1 amide bonds. The molecular weight excluding hydrogens is 322 g/mol. The molecule has 104 valence electrons. The van der Waals surface area contributed by atoms with E-state index < -0.39 is 5.60 Å². The minimum atomic E-state index is -0.906. The van der Waals surface area contributed by atoms with Crippen LogP contribution < -0.4 is 4.90 Å². The number of halogens is 1. The van der Waals surface area contributed by atoms with Crippen molar-refractivity contribution < 1.29 is 14.3 Å². The number of benzene rings is 1. The van der Waals surface area contributed by atoms with Crippen LogP contribution in [0.15, 0.2) is 45.5 Å². The van der Waals surface area contributed by atoms with E-state index in [0.29, 0.717) is 17.6 Å². The molecule has 2 heterocycles. The standard InChI is InChI=1S/C15H14BrNO3/c1-15(19)8-9-17(11-5-3-2-4-10(11)15)14(18)12-6-7-13(16)20-12/h2-7,19H,8-9H2,1H3. The van der Waals surface area contributed by atoms with Crippen LogP contribution in [0.4, 0.5) is 5.69 Å². The van der Waals surface area contributed by atoms with Gasteiger partial charge in [0.05, 0.1) is 11.3 Å². The van der Waals surface area contributed by atoms with Crippen molar-refractivity contribution in [2.75, 3.05) is 11.4 Å². The fourth-order valence-electron chi connectivity index (χ4n) is 2.52. The van der Waals surface area contributed by atoms with E-state index >= 15 is 0 Å². The first kappa shape index (κ1) is 13.4. The van der Waals surface area contributed by atoms with E-state index in [1.165, 1.54) is 0 Å². The molecule has 1 N–H and O–H groups in total. The molecule has 1 aromatic carbocycles. The molecule has 20 heavy (non-hydrogen) atoms. The summed E-state index contributed by atoms with van der Waals surface area (Å²) in [6.07, 6.45) is 0.498. The van der Waals surface area contributed by atoms with Crippen LogP contribution in [-0.2, 0) is 5.60 Å². The summed E-state index contributed by atoms with van der Waals surface area (Å²) in [6, 6.07) is 10.8. The molecular formula is C15H14BrNO3. The summed E-state index contributed by atoms with van der Waals surface area (Å²) in [5, 5.41) is 10.4. The number of rotatable bonds is 1. The van der Waals surface area contributed by atoms with Gasteiger partial charge in [-0.25, -0.2) is 0 Å². The van der Waals surface area contributed by atoms with Gasteiger partial charge in [-0.1, -0.05) is 18.2 Å². The summed E-state index contributed by atoms with van der Waals surface area (Å²) in [6.45, 7) is 2.23. The summed E-state index contributed by atoms with van der Waals surface area (Å²) >= 11 is 3.20. The number of furan rings is 1. The van der Waals surface area contributed by atoms with Crippen molar-refractivity contribution in [2.24, 2.45) is 0 Å². The molecule has 0 aliphatic carbocycles. The van der Waals surface area contributed by atoms with Gasteiger partial charge in [0.2, 0.25) is 0 Å². The summed E-state index contributed by atoms with van der Waals surface area (Å²) in [7, 11) is 0. The van der Waals surface area contributed by atoms with Crippen LogP contribution in [-0.4, -0.2) is 17.6 Å². The summed E-state index contributed by atoms with van der Waals surface area (Å²) in [4.78, 5) is 14.2. The smallest absolute Gasteiger partial charge is 0.294 e. The van der Waals surface area contributed by atoms with Gasteiger partial charge in [-0.05, 0) is 47.5 Å². The quantitative estimate of drug-likeness (QED) is 0.869. The molecule has 1 aromatic heterocycles. The maximum atomic E-state index is 12.5. The Balaban J connectivity index is 2.02. The van der Waals surface area contributed by atoms with Crippen molar-refractivity contribution >= 4 is 27.5 Å². The molecule has 5 heteroatoms. The van der Waals surface area contributed by atoms with E-state index in [-0.39, 0.29) is 11.7 Å². The number of fused-ring (bicyclic) bond motifs is 1. The maximum absolute atomic E-state index is 12.5. The normalized spacial score (nSPS) is 21.6. The number of nitrogens with zero attached hydrogens (tertiary/aromatic N) is 1.